The Hall–Kier alpha value is -1.84. The first-order chi connectivity index (χ1) is 10.0. The molecule has 114 valence electrons. The first-order valence-electron chi connectivity index (χ1n) is 7.74. The van der Waals surface area contributed by atoms with Gasteiger partial charge in [0.05, 0.1) is 11.0 Å². The number of fused-ring (bicyclic) bond motifs is 1. The first kappa shape index (κ1) is 15.5. The fourth-order valence-electron chi connectivity index (χ4n) is 2.60. The highest BCUT2D eigenvalue weighted by atomic mass is 16.1. The molecule has 0 spiro atoms. The summed E-state index contributed by atoms with van der Waals surface area (Å²) in [6.07, 6.45) is 2.35. The third-order valence-corrected chi connectivity index (χ3v) is 3.71. The normalized spacial score (nSPS) is 11.3. The zero-order valence-corrected chi connectivity index (χ0v) is 13.4. The molecule has 21 heavy (non-hydrogen) atoms. The SMILES string of the molecule is CCCC(=O)NCCc1ccc2c(c1)nc(C(C)C)n2C. The molecule has 0 aliphatic carbocycles. The molecule has 0 radical (unpaired) electrons. The minimum atomic E-state index is 0.138. The summed E-state index contributed by atoms with van der Waals surface area (Å²) in [5.41, 5.74) is 3.42. The number of amides is 1. The molecule has 0 atom stereocenters. The van der Waals surface area contributed by atoms with E-state index in [0.29, 0.717) is 18.9 Å². The van der Waals surface area contributed by atoms with Crippen molar-refractivity contribution in [3.8, 4) is 0 Å². The van der Waals surface area contributed by atoms with Crippen LogP contribution in [0.5, 0.6) is 0 Å². The van der Waals surface area contributed by atoms with Crippen molar-refractivity contribution in [3.05, 3.63) is 29.6 Å². The second-order valence-electron chi connectivity index (χ2n) is 5.86. The molecule has 0 bridgehead atoms. The lowest BCUT2D eigenvalue weighted by Crippen LogP contribution is -2.25. The Morgan fingerprint density at radius 1 is 1.38 bits per heavy atom. The van der Waals surface area contributed by atoms with Crippen LogP contribution in [0, 0.1) is 0 Å². The van der Waals surface area contributed by atoms with Crippen LogP contribution in [0.2, 0.25) is 0 Å². The van der Waals surface area contributed by atoms with Gasteiger partial charge >= 0.3 is 0 Å². The van der Waals surface area contributed by atoms with E-state index in [4.69, 9.17) is 4.98 Å². The van der Waals surface area contributed by atoms with Crippen LogP contribution in [0.3, 0.4) is 0 Å². The molecule has 1 N–H and O–H groups in total. The zero-order chi connectivity index (χ0) is 15.4. The van der Waals surface area contributed by atoms with Gasteiger partial charge in [0.15, 0.2) is 0 Å². The topological polar surface area (TPSA) is 46.9 Å². The summed E-state index contributed by atoms with van der Waals surface area (Å²) >= 11 is 0. The quantitative estimate of drug-likeness (QED) is 0.887. The Labute approximate surface area is 126 Å². The summed E-state index contributed by atoms with van der Waals surface area (Å²) in [6.45, 7) is 7.02. The van der Waals surface area contributed by atoms with E-state index in [-0.39, 0.29) is 5.91 Å². The number of hydrogen-bond donors (Lipinski definition) is 1. The number of imidazole rings is 1. The van der Waals surface area contributed by atoms with Crippen LogP contribution in [0.1, 0.15) is 50.9 Å². The van der Waals surface area contributed by atoms with Gasteiger partial charge in [0.25, 0.3) is 0 Å². The lowest BCUT2D eigenvalue weighted by molar-refractivity contribution is -0.121. The molecular formula is C17H25N3O. The molecule has 0 saturated heterocycles. The molecule has 0 saturated carbocycles. The largest absolute Gasteiger partial charge is 0.356 e. The molecule has 1 amide bonds. The number of carbonyl (C=O) groups excluding carboxylic acids is 1. The van der Waals surface area contributed by atoms with E-state index < -0.39 is 0 Å². The monoisotopic (exact) mass is 287 g/mol. The van der Waals surface area contributed by atoms with Gasteiger partial charge in [-0.1, -0.05) is 26.8 Å². The van der Waals surface area contributed by atoms with Crippen molar-refractivity contribution in [2.75, 3.05) is 6.54 Å². The maximum absolute atomic E-state index is 11.4. The number of carbonyl (C=O) groups is 1. The molecule has 0 aliphatic heterocycles. The van der Waals surface area contributed by atoms with Gasteiger partial charge in [-0.2, -0.15) is 0 Å². The summed E-state index contributed by atoms with van der Waals surface area (Å²) in [6, 6.07) is 6.38. The lowest BCUT2D eigenvalue weighted by atomic mass is 10.1. The average Bonchev–Trinajstić information content (AvgIpc) is 2.76. The van der Waals surface area contributed by atoms with Crippen LogP contribution >= 0.6 is 0 Å². The van der Waals surface area contributed by atoms with Crippen LogP contribution in [0.25, 0.3) is 11.0 Å². The van der Waals surface area contributed by atoms with Gasteiger partial charge in [-0.3, -0.25) is 4.79 Å². The Bertz CT molecular complexity index is 628. The number of rotatable bonds is 6. The van der Waals surface area contributed by atoms with E-state index in [1.165, 1.54) is 5.56 Å². The third-order valence-electron chi connectivity index (χ3n) is 3.71. The van der Waals surface area contributed by atoms with Crippen LogP contribution in [0.15, 0.2) is 18.2 Å². The fraction of sp³-hybridized carbons (Fsp3) is 0.529. The van der Waals surface area contributed by atoms with Gasteiger partial charge in [-0.05, 0) is 30.5 Å². The first-order valence-corrected chi connectivity index (χ1v) is 7.74. The molecule has 4 heteroatoms. The summed E-state index contributed by atoms with van der Waals surface area (Å²) in [5.74, 6) is 1.66. The molecule has 4 nitrogen and oxygen atoms in total. The Balaban J connectivity index is 2.07. The zero-order valence-electron chi connectivity index (χ0n) is 13.4. The van der Waals surface area contributed by atoms with Gasteiger partial charge in [0.1, 0.15) is 5.82 Å². The Kier molecular flexibility index (Phi) is 4.99. The van der Waals surface area contributed by atoms with Crippen molar-refractivity contribution in [3.63, 3.8) is 0 Å². The highest BCUT2D eigenvalue weighted by molar-refractivity contribution is 5.77. The van der Waals surface area contributed by atoms with Gasteiger partial charge in [-0.15, -0.1) is 0 Å². The van der Waals surface area contributed by atoms with Crippen LogP contribution in [-0.4, -0.2) is 22.0 Å². The predicted molar refractivity (Wildman–Crippen MR) is 86.4 cm³/mol. The summed E-state index contributed by atoms with van der Waals surface area (Å²) < 4.78 is 2.16. The highest BCUT2D eigenvalue weighted by Gasteiger charge is 2.11. The van der Waals surface area contributed by atoms with E-state index in [1.54, 1.807) is 0 Å². The second kappa shape index (κ2) is 6.74. The minimum Gasteiger partial charge on any atom is -0.356 e. The van der Waals surface area contributed by atoms with Gasteiger partial charge in [-0.25, -0.2) is 4.98 Å². The maximum atomic E-state index is 11.4. The van der Waals surface area contributed by atoms with E-state index in [9.17, 15) is 4.79 Å². The van der Waals surface area contributed by atoms with Crippen LogP contribution < -0.4 is 5.32 Å². The molecule has 0 fully saturated rings. The third kappa shape index (κ3) is 3.63. The molecule has 2 rings (SSSR count). The molecule has 1 aromatic heterocycles. The maximum Gasteiger partial charge on any atom is 0.219 e. The molecule has 1 heterocycles. The summed E-state index contributed by atoms with van der Waals surface area (Å²) in [7, 11) is 2.06. The van der Waals surface area contributed by atoms with Crippen molar-refractivity contribution in [1.82, 2.24) is 14.9 Å². The second-order valence-corrected chi connectivity index (χ2v) is 5.86. The van der Waals surface area contributed by atoms with Crippen molar-refractivity contribution < 1.29 is 4.79 Å². The van der Waals surface area contributed by atoms with Crippen molar-refractivity contribution in [1.29, 1.82) is 0 Å². The van der Waals surface area contributed by atoms with Crippen molar-refractivity contribution in [2.45, 2.75) is 46.0 Å². The van der Waals surface area contributed by atoms with E-state index in [2.05, 4.69) is 49.0 Å². The average molecular weight is 287 g/mol. The Morgan fingerprint density at radius 3 is 2.81 bits per heavy atom. The molecular weight excluding hydrogens is 262 g/mol. The predicted octanol–water partition coefficient (Wildman–Crippen LogP) is 3.16. The van der Waals surface area contributed by atoms with E-state index >= 15 is 0 Å². The number of benzene rings is 1. The van der Waals surface area contributed by atoms with Gasteiger partial charge in [0.2, 0.25) is 5.91 Å². The lowest BCUT2D eigenvalue weighted by Gasteiger charge is -2.05. The number of aromatic nitrogens is 2. The van der Waals surface area contributed by atoms with E-state index in [0.717, 1.165) is 29.7 Å². The number of aryl methyl sites for hydroxylation is 1. The smallest absolute Gasteiger partial charge is 0.219 e. The summed E-state index contributed by atoms with van der Waals surface area (Å²) in [5, 5.41) is 2.95. The Morgan fingerprint density at radius 2 is 2.14 bits per heavy atom. The molecule has 0 unspecified atom stereocenters. The number of nitrogens with one attached hydrogen (secondary N) is 1. The van der Waals surface area contributed by atoms with Crippen LogP contribution in [-0.2, 0) is 18.3 Å². The number of hydrogen-bond acceptors (Lipinski definition) is 2. The minimum absolute atomic E-state index is 0.138. The van der Waals surface area contributed by atoms with Gasteiger partial charge < -0.3 is 9.88 Å². The fourth-order valence-corrected chi connectivity index (χ4v) is 2.60. The number of nitrogens with zero attached hydrogens (tertiary/aromatic N) is 2. The molecule has 0 aliphatic rings. The van der Waals surface area contributed by atoms with E-state index in [1.807, 2.05) is 6.92 Å². The molecule has 2 aromatic rings. The van der Waals surface area contributed by atoms with Gasteiger partial charge in [0, 0.05) is 25.9 Å². The standard InChI is InChI=1S/C17H25N3O/c1-5-6-16(21)18-10-9-13-7-8-15-14(11-13)19-17(12(2)3)20(15)4/h7-8,11-12H,5-6,9-10H2,1-4H3,(H,18,21). The van der Waals surface area contributed by atoms with Crippen LogP contribution in [0.4, 0.5) is 0 Å². The summed E-state index contributed by atoms with van der Waals surface area (Å²) in [4.78, 5) is 16.2. The highest BCUT2D eigenvalue weighted by Crippen LogP contribution is 2.21. The van der Waals surface area contributed by atoms with Crippen molar-refractivity contribution in [2.24, 2.45) is 7.05 Å². The van der Waals surface area contributed by atoms with Crippen molar-refractivity contribution >= 4 is 16.9 Å². The molecule has 1 aromatic carbocycles.